The van der Waals surface area contributed by atoms with Gasteiger partial charge in [0.15, 0.2) is 21.2 Å². The maximum absolute atomic E-state index is 12.5. The van der Waals surface area contributed by atoms with E-state index in [-0.39, 0.29) is 0 Å². The number of nitrogens with zero attached hydrogens (tertiary/aromatic N) is 2. The van der Waals surface area contributed by atoms with Crippen molar-refractivity contribution in [2.75, 3.05) is 6.26 Å². The van der Waals surface area contributed by atoms with Crippen LogP contribution in [0.4, 0.5) is 13.2 Å². The van der Waals surface area contributed by atoms with E-state index in [0.717, 1.165) is 7.05 Å². The Labute approximate surface area is 93.6 Å². The van der Waals surface area contributed by atoms with E-state index in [4.69, 9.17) is 5.11 Å². The van der Waals surface area contributed by atoms with Crippen LogP contribution in [0.1, 0.15) is 16.2 Å². The van der Waals surface area contributed by atoms with E-state index in [1.165, 1.54) is 0 Å². The van der Waals surface area contributed by atoms with E-state index >= 15 is 0 Å². The second-order valence-corrected chi connectivity index (χ2v) is 5.18. The quantitative estimate of drug-likeness (QED) is 0.848. The zero-order valence-corrected chi connectivity index (χ0v) is 9.43. The summed E-state index contributed by atoms with van der Waals surface area (Å²) in [6, 6.07) is 0. The first-order valence-electron chi connectivity index (χ1n) is 4.03. The molecule has 10 heteroatoms. The maximum atomic E-state index is 12.5. The molecule has 0 aliphatic heterocycles. The molecule has 0 saturated heterocycles. The van der Waals surface area contributed by atoms with E-state index in [1.807, 2.05) is 0 Å². The fraction of sp³-hybridized carbons (Fsp3) is 0.429. The van der Waals surface area contributed by atoms with Gasteiger partial charge in [-0.25, -0.2) is 13.2 Å². The summed E-state index contributed by atoms with van der Waals surface area (Å²) in [5.41, 5.74) is -2.74. The van der Waals surface area contributed by atoms with Crippen LogP contribution in [0.2, 0.25) is 0 Å². The molecule has 0 aliphatic carbocycles. The molecule has 0 saturated carbocycles. The van der Waals surface area contributed by atoms with Gasteiger partial charge in [-0.2, -0.15) is 18.3 Å². The van der Waals surface area contributed by atoms with Crippen LogP contribution in [-0.4, -0.2) is 35.5 Å². The molecule has 0 atom stereocenters. The summed E-state index contributed by atoms with van der Waals surface area (Å²) in [6.07, 6.45) is -4.55. The predicted molar refractivity (Wildman–Crippen MR) is 48.3 cm³/mol. The van der Waals surface area contributed by atoms with Gasteiger partial charge in [0, 0.05) is 13.3 Å². The molecule has 0 amide bonds. The molecule has 0 aliphatic rings. The second kappa shape index (κ2) is 3.72. The van der Waals surface area contributed by atoms with Gasteiger partial charge in [-0.15, -0.1) is 0 Å². The third-order valence-electron chi connectivity index (χ3n) is 1.85. The predicted octanol–water partition coefficient (Wildman–Crippen LogP) is 0.541. The Morgan fingerprint density at radius 1 is 1.41 bits per heavy atom. The van der Waals surface area contributed by atoms with Gasteiger partial charge in [0.25, 0.3) is 0 Å². The zero-order chi connectivity index (χ0) is 13.6. The summed E-state index contributed by atoms with van der Waals surface area (Å²) in [5.74, 6) is -1.80. The first kappa shape index (κ1) is 13.5. The lowest BCUT2D eigenvalue weighted by atomic mass is 10.3. The van der Waals surface area contributed by atoms with Gasteiger partial charge >= 0.3 is 12.1 Å². The molecule has 1 heterocycles. The molecule has 1 aromatic rings. The highest BCUT2D eigenvalue weighted by Gasteiger charge is 2.43. The molecule has 0 radical (unpaired) electrons. The lowest BCUT2D eigenvalue weighted by molar-refractivity contribution is -0.143. The number of hydrogen-bond acceptors (Lipinski definition) is 4. The number of aromatic nitrogens is 2. The molecule has 6 nitrogen and oxygen atoms in total. The number of carbonyl (C=O) groups is 1. The molecule has 0 unspecified atom stereocenters. The molecule has 0 bridgehead atoms. The minimum Gasteiger partial charge on any atom is -0.476 e. The number of aromatic carboxylic acids is 1. The van der Waals surface area contributed by atoms with Gasteiger partial charge in [-0.05, 0) is 0 Å². The average Bonchev–Trinajstić information content (AvgIpc) is 2.40. The minimum atomic E-state index is -5.04. The third-order valence-corrected chi connectivity index (χ3v) is 2.97. The van der Waals surface area contributed by atoms with Gasteiger partial charge in [0.2, 0.25) is 0 Å². The third kappa shape index (κ3) is 2.40. The van der Waals surface area contributed by atoms with Crippen molar-refractivity contribution >= 4 is 15.8 Å². The van der Waals surface area contributed by atoms with Crippen LogP contribution in [0, 0.1) is 0 Å². The molecule has 1 rings (SSSR count). The van der Waals surface area contributed by atoms with Crippen LogP contribution in [0.3, 0.4) is 0 Å². The summed E-state index contributed by atoms with van der Waals surface area (Å²) >= 11 is 0. The van der Waals surface area contributed by atoms with Crippen molar-refractivity contribution in [3.8, 4) is 0 Å². The molecule has 17 heavy (non-hydrogen) atoms. The van der Waals surface area contributed by atoms with E-state index in [2.05, 4.69) is 5.10 Å². The summed E-state index contributed by atoms with van der Waals surface area (Å²) in [5, 5.41) is 11.6. The molecule has 0 spiro atoms. The highest BCUT2D eigenvalue weighted by atomic mass is 32.2. The number of rotatable bonds is 2. The van der Waals surface area contributed by atoms with Crippen molar-refractivity contribution < 1.29 is 31.5 Å². The first-order valence-corrected chi connectivity index (χ1v) is 5.93. The molecule has 1 N–H and O–H groups in total. The molecule has 1 aromatic heterocycles. The standard InChI is InChI=1S/C7H7F3N2O4S/c1-12-3(6(13)14)4(17(2,15)16)5(11-12)7(8,9)10/h1-2H3,(H,13,14). The normalized spacial score (nSPS) is 12.8. The van der Waals surface area contributed by atoms with Crippen LogP contribution < -0.4 is 0 Å². The van der Waals surface area contributed by atoms with Gasteiger partial charge in [0.05, 0.1) is 0 Å². The summed E-state index contributed by atoms with van der Waals surface area (Å²) < 4.78 is 60.3. The van der Waals surface area contributed by atoms with Crippen LogP contribution in [0.15, 0.2) is 4.90 Å². The average molecular weight is 272 g/mol. The summed E-state index contributed by atoms with van der Waals surface area (Å²) in [7, 11) is -3.43. The van der Waals surface area contributed by atoms with E-state index < -0.39 is 38.3 Å². The Bertz CT molecular complexity index is 573. The number of carboxylic acid groups (broad SMARTS) is 1. The van der Waals surface area contributed by atoms with Crippen LogP contribution in [-0.2, 0) is 23.1 Å². The van der Waals surface area contributed by atoms with Gasteiger partial charge in [-0.3, -0.25) is 4.68 Å². The first-order chi connectivity index (χ1) is 7.46. The number of alkyl halides is 3. The van der Waals surface area contributed by atoms with Crippen molar-refractivity contribution in [1.29, 1.82) is 0 Å². The minimum absolute atomic E-state index is 0.377. The molecule has 0 aromatic carbocycles. The largest absolute Gasteiger partial charge is 0.476 e. The number of aryl methyl sites for hydroxylation is 1. The van der Waals surface area contributed by atoms with Crippen molar-refractivity contribution in [3.63, 3.8) is 0 Å². The maximum Gasteiger partial charge on any atom is 0.436 e. The number of carboxylic acids is 1. The Morgan fingerprint density at radius 2 is 1.88 bits per heavy atom. The monoisotopic (exact) mass is 272 g/mol. The number of hydrogen-bond donors (Lipinski definition) is 1. The van der Waals surface area contributed by atoms with E-state index in [0.29, 0.717) is 10.9 Å². The highest BCUT2D eigenvalue weighted by Crippen LogP contribution is 2.34. The Morgan fingerprint density at radius 3 is 2.18 bits per heavy atom. The highest BCUT2D eigenvalue weighted by molar-refractivity contribution is 7.90. The zero-order valence-electron chi connectivity index (χ0n) is 8.61. The van der Waals surface area contributed by atoms with Gasteiger partial charge in [0.1, 0.15) is 4.90 Å². The summed E-state index contributed by atoms with van der Waals surface area (Å²) in [4.78, 5) is 9.42. The Kier molecular flexibility index (Phi) is 2.95. The SMILES string of the molecule is Cn1nc(C(F)(F)F)c(S(C)(=O)=O)c1C(=O)O. The Hall–Kier alpha value is -1.58. The second-order valence-electron chi connectivity index (χ2n) is 3.23. The lowest BCUT2D eigenvalue weighted by Gasteiger charge is -2.04. The lowest BCUT2D eigenvalue weighted by Crippen LogP contribution is -2.14. The van der Waals surface area contributed by atoms with Crippen molar-refractivity contribution in [3.05, 3.63) is 11.4 Å². The van der Waals surface area contributed by atoms with Crippen LogP contribution in [0.5, 0.6) is 0 Å². The fourth-order valence-electron chi connectivity index (χ4n) is 1.28. The van der Waals surface area contributed by atoms with Crippen molar-refractivity contribution in [1.82, 2.24) is 9.78 Å². The van der Waals surface area contributed by atoms with E-state index in [9.17, 15) is 26.4 Å². The molecule has 96 valence electrons. The van der Waals surface area contributed by atoms with E-state index in [1.54, 1.807) is 0 Å². The van der Waals surface area contributed by atoms with Gasteiger partial charge < -0.3 is 5.11 Å². The molecular formula is C7H7F3N2O4S. The van der Waals surface area contributed by atoms with Gasteiger partial charge in [-0.1, -0.05) is 0 Å². The Balaban J connectivity index is 3.79. The van der Waals surface area contributed by atoms with Crippen LogP contribution >= 0.6 is 0 Å². The molecule has 0 fully saturated rings. The fourth-order valence-corrected chi connectivity index (χ4v) is 2.36. The topological polar surface area (TPSA) is 89.3 Å². The van der Waals surface area contributed by atoms with Crippen molar-refractivity contribution in [2.45, 2.75) is 11.1 Å². The van der Waals surface area contributed by atoms with Crippen molar-refractivity contribution in [2.24, 2.45) is 7.05 Å². The smallest absolute Gasteiger partial charge is 0.436 e. The molecular weight excluding hydrogens is 265 g/mol. The summed E-state index contributed by atoms with van der Waals surface area (Å²) in [6.45, 7) is 0. The number of sulfone groups is 1. The van der Waals surface area contributed by atoms with Crippen LogP contribution in [0.25, 0.3) is 0 Å². The number of halogens is 3.